The summed E-state index contributed by atoms with van der Waals surface area (Å²) in [6.07, 6.45) is 0.355. The highest BCUT2D eigenvalue weighted by Crippen LogP contribution is 2.19. The van der Waals surface area contributed by atoms with Crippen molar-refractivity contribution < 1.29 is 14.7 Å². The molecule has 1 amide bonds. The van der Waals surface area contributed by atoms with E-state index in [9.17, 15) is 9.59 Å². The minimum Gasteiger partial charge on any atom is -0.480 e. The molecule has 0 unspecified atom stereocenters. The van der Waals surface area contributed by atoms with E-state index in [0.29, 0.717) is 12.0 Å². The maximum Gasteiger partial charge on any atom is 0.326 e. The van der Waals surface area contributed by atoms with Crippen LogP contribution in [-0.4, -0.2) is 23.0 Å². The smallest absolute Gasteiger partial charge is 0.326 e. The van der Waals surface area contributed by atoms with E-state index in [1.54, 1.807) is 26.0 Å². The second kappa shape index (κ2) is 5.82. The van der Waals surface area contributed by atoms with Crippen LogP contribution >= 0.6 is 15.9 Å². The van der Waals surface area contributed by atoms with E-state index in [1.165, 1.54) is 0 Å². The van der Waals surface area contributed by atoms with Gasteiger partial charge in [-0.3, -0.25) is 4.79 Å². The van der Waals surface area contributed by atoms with Gasteiger partial charge in [0.25, 0.3) is 5.91 Å². The molecule has 0 heterocycles. The van der Waals surface area contributed by atoms with Crippen molar-refractivity contribution in [3.05, 3.63) is 33.8 Å². The first-order valence-electron chi connectivity index (χ1n) is 5.26. The Morgan fingerprint density at radius 1 is 1.47 bits per heavy atom. The number of rotatable bonds is 4. The molecule has 0 aliphatic heterocycles. The fourth-order valence-electron chi connectivity index (χ4n) is 1.43. The van der Waals surface area contributed by atoms with E-state index >= 15 is 0 Å². The summed E-state index contributed by atoms with van der Waals surface area (Å²) in [5.74, 6) is -1.38. The zero-order valence-electron chi connectivity index (χ0n) is 9.66. The summed E-state index contributed by atoms with van der Waals surface area (Å²) in [6, 6.07) is 4.40. The zero-order valence-corrected chi connectivity index (χ0v) is 11.2. The van der Waals surface area contributed by atoms with Crippen molar-refractivity contribution in [3.8, 4) is 0 Å². The number of carbonyl (C=O) groups excluding carboxylic acids is 1. The molecular formula is C12H14BrNO3. The molecule has 4 nitrogen and oxygen atoms in total. The number of amides is 1. The topological polar surface area (TPSA) is 66.4 Å². The van der Waals surface area contributed by atoms with Gasteiger partial charge >= 0.3 is 5.97 Å². The molecule has 2 N–H and O–H groups in total. The van der Waals surface area contributed by atoms with E-state index in [1.807, 2.05) is 6.07 Å². The van der Waals surface area contributed by atoms with Crippen molar-refractivity contribution in [1.29, 1.82) is 0 Å². The molecule has 1 aromatic carbocycles. The number of aliphatic carboxylic acids is 1. The Hall–Kier alpha value is -1.36. The molecule has 17 heavy (non-hydrogen) atoms. The monoisotopic (exact) mass is 299 g/mol. The molecule has 5 heteroatoms. The molecule has 92 valence electrons. The van der Waals surface area contributed by atoms with Gasteiger partial charge < -0.3 is 10.4 Å². The lowest BCUT2D eigenvalue weighted by Crippen LogP contribution is -2.40. The Kier molecular flexibility index (Phi) is 4.69. The van der Waals surface area contributed by atoms with Crippen LogP contribution < -0.4 is 5.32 Å². The van der Waals surface area contributed by atoms with Crippen molar-refractivity contribution in [2.24, 2.45) is 0 Å². The Morgan fingerprint density at radius 3 is 2.65 bits per heavy atom. The summed E-state index contributed by atoms with van der Waals surface area (Å²) in [5, 5.41) is 11.4. The summed E-state index contributed by atoms with van der Waals surface area (Å²) in [7, 11) is 0. The number of hydrogen-bond donors (Lipinski definition) is 2. The highest BCUT2D eigenvalue weighted by molar-refractivity contribution is 9.10. The van der Waals surface area contributed by atoms with E-state index < -0.39 is 12.0 Å². The molecule has 0 bridgehead atoms. The van der Waals surface area contributed by atoms with Gasteiger partial charge in [0, 0.05) is 10.0 Å². The van der Waals surface area contributed by atoms with Crippen molar-refractivity contribution in [3.63, 3.8) is 0 Å². The number of hydrogen-bond acceptors (Lipinski definition) is 2. The van der Waals surface area contributed by atoms with Crippen LogP contribution in [0.1, 0.15) is 29.3 Å². The standard InChI is InChI=1S/C12H14BrNO3/c1-3-10(12(16)17)14-11(15)8-5-4-6-9(13)7(8)2/h4-6,10H,3H2,1-2H3,(H,14,15)(H,16,17)/t10-/m0/s1. The van der Waals surface area contributed by atoms with Crippen molar-refractivity contribution in [2.45, 2.75) is 26.3 Å². The predicted octanol–water partition coefficient (Wildman–Crippen LogP) is 2.35. The fraction of sp³-hybridized carbons (Fsp3) is 0.333. The average Bonchev–Trinajstić information content (AvgIpc) is 2.28. The first-order valence-corrected chi connectivity index (χ1v) is 6.05. The molecule has 0 aromatic heterocycles. The summed E-state index contributed by atoms with van der Waals surface area (Å²) in [5.41, 5.74) is 1.28. The molecule has 1 rings (SSSR count). The van der Waals surface area contributed by atoms with Gasteiger partial charge in [0.05, 0.1) is 0 Å². The average molecular weight is 300 g/mol. The minimum absolute atomic E-state index is 0.355. The number of carbonyl (C=O) groups is 2. The Morgan fingerprint density at radius 2 is 2.12 bits per heavy atom. The SMILES string of the molecule is CC[C@H](NC(=O)c1cccc(Br)c1C)C(=O)O. The quantitative estimate of drug-likeness (QED) is 0.897. The van der Waals surface area contributed by atoms with Crippen LogP contribution in [0.15, 0.2) is 22.7 Å². The van der Waals surface area contributed by atoms with Crippen LogP contribution in [0.5, 0.6) is 0 Å². The lowest BCUT2D eigenvalue weighted by Gasteiger charge is -2.13. The van der Waals surface area contributed by atoms with Gasteiger partial charge in [-0.1, -0.05) is 28.9 Å². The van der Waals surface area contributed by atoms with Crippen LogP contribution in [0, 0.1) is 6.92 Å². The molecule has 0 saturated carbocycles. The Bertz CT molecular complexity index is 445. The molecule has 0 spiro atoms. The van der Waals surface area contributed by atoms with Gasteiger partial charge in [-0.25, -0.2) is 4.79 Å². The predicted molar refractivity (Wildman–Crippen MR) is 68.1 cm³/mol. The summed E-state index contributed by atoms with van der Waals surface area (Å²) in [4.78, 5) is 22.7. The second-order valence-electron chi connectivity index (χ2n) is 3.68. The fourth-order valence-corrected chi connectivity index (χ4v) is 1.79. The molecule has 1 atom stereocenters. The largest absolute Gasteiger partial charge is 0.480 e. The van der Waals surface area contributed by atoms with Gasteiger partial charge in [-0.05, 0) is 31.0 Å². The van der Waals surface area contributed by atoms with E-state index in [2.05, 4.69) is 21.2 Å². The maximum atomic E-state index is 11.9. The molecule has 0 fully saturated rings. The van der Waals surface area contributed by atoms with Crippen molar-refractivity contribution in [2.75, 3.05) is 0 Å². The lowest BCUT2D eigenvalue weighted by atomic mass is 10.1. The van der Waals surface area contributed by atoms with E-state index in [-0.39, 0.29) is 5.91 Å². The number of halogens is 1. The summed E-state index contributed by atoms with van der Waals surface area (Å²) in [6.45, 7) is 3.52. The van der Waals surface area contributed by atoms with Crippen LogP contribution in [-0.2, 0) is 4.79 Å². The van der Waals surface area contributed by atoms with Crippen LogP contribution in [0.4, 0.5) is 0 Å². The zero-order chi connectivity index (χ0) is 13.0. The van der Waals surface area contributed by atoms with Crippen molar-refractivity contribution in [1.82, 2.24) is 5.32 Å². The van der Waals surface area contributed by atoms with E-state index in [0.717, 1.165) is 10.0 Å². The lowest BCUT2D eigenvalue weighted by molar-refractivity contribution is -0.139. The Balaban J connectivity index is 2.90. The van der Waals surface area contributed by atoms with Crippen LogP contribution in [0.25, 0.3) is 0 Å². The first kappa shape index (κ1) is 13.7. The summed E-state index contributed by atoms with van der Waals surface area (Å²) < 4.78 is 0.827. The third-order valence-corrected chi connectivity index (χ3v) is 3.38. The first-order chi connectivity index (χ1) is 7.97. The minimum atomic E-state index is -1.02. The van der Waals surface area contributed by atoms with Gasteiger partial charge in [-0.15, -0.1) is 0 Å². The maximum absolute atomic E-state index is 11.9. The molecule has 0 aliphatic carbocycles. The highest BCUT2D eigenvalue weighted by atomic mass is 79.9. The van der Waals surface area contributed by atoms with Gasteiger partial charge in [0.2, 0.25) is 0 Å². The molecular weight excluding hydrogens is 286 g/mol. The number of nitrogens with one attached hydrogen (secondary N) is 1. The van der Waals surface area contributed by atoms with Gasteiger partial charge in [0.1, 0.15) is 6.04 Å². The van der Waals surface area contributed by atoms with Crippen molar-refractivity contribution >= 4 is 27.8 Å². The molecule has 1 aromatic rings. The van der Waals surface area contributed by atoms with Gasteiger partial charge in [0.15, 0.2) is 0 Å². The second-order valence-corrected chi connectivity index (χ2v) is 4.54. The summed E-state index contributed by atoms with van der Waals surface area (Å²) >= 11 is 3.33. The van der Waals surface area contributed by atoms with Gasteiger partial charge in [-0.2, -0.15) is 0 Å². The highest BCUT2D eigenvalue weighted by Gasteiger charge is 2.19. The third-order valence-electron chi connectivity index (χ3n) is 2.52. The molecule has 0 aliphatic rings. The third kappa shape index (κ3) is 3.30. The number of benzene rings is 1. The normalized spacial score (nSPS) is 11.9. The number of carboxylic acids is 1. The molecule has 0 radical (unpaired) electrons. The van der Waals surface area contributed by atoms with Crippen LogP contribution in [0.3, 0.4) is 0 Å². The molecule has 0 saturated heterocycles. The van der Waals surface area contributed by atoms with Crippen LogP contribution in [0.2, 0.25) is 0 Å². The Labute approximate surface area is 108 Å². The number of carboxylic acid groups (broad SMARTS) is 1. The van der Waals surface area contributed by atoms with E-state index in [4.69, 9.17) is 5.11 Å².